The zero-order valence-electron chi connectivity index (χ0n) is 22.3. The Morgan fingerprint density at radius 1 is 1.22 bits per heavy atom. The van der Waals surface area contributed by atoms with E-state index in [-0.39, 0.29) is 39.9 Å². The van der Waals surface area contributed by atoms with E-state index in [0.717, 1.165) is 17.4 Å². The molecule has 0 atom stereocenters. The van der Waals surface area contributed by atoms with E-state index in [2.05, 4.69) is 40.1 Å². The molecule has 11 nitrogen and oxygen atoms in total. The van der Waals surface area contributed by atoms with Gasteiger partial charge in [-0.15, -0.1) is 11.3 Å². The molecule has 0 aliphatic rings. The van der Waals surface area contributed by atoms with Gasteiger partial charge >= 0.3 is 12.6 Å². The first-order valence-corrected chi connectivity index (χ1v) is 17.0. The number of aromatic carboxylic acids is 1. The number of rotatable bonds is 11. The minimum atomic E-state index is -3.15. The molecule has 1 amide bonds. The normalized spacial score (nSPS) is 12.0. The van der Waals surface area contributed by atoms with Crippen molar-refractivity contribution in [1.29, 1.82) is 0 Å². The van der Waals surface area contributed by atoms with Crippen LogP contribution in [-0.2, 0) is 11.5 Å². The number of nitrogens with one attached hydrogen (secondary N) is 1. The second kappa shape index (κ2) is 11.3. The van der Waals surface area contributed by atoms with Crippen molar-refractivity contribution in [3.63, 3.8) is 0 Å². The zero-order chi connectivity index (χ0) is 29.3. The molecule has 214 valence electrons. The Morgan fingerprint density at radius 3 is 2.76 bits per heavy atom. The lowest BCUT2D eigenvalue weighted by atomic mass is 10.1. The molecule has 0 aliphatic carbocycles. The molecule has 1 aromatic carbocycles. The maximum absolute atomic E-state index is 13.5. The predicted molar refractivity (Wildman–Crippen MR) is 152 cm³/mol. The van der Waals surface area contributed by atoms with E-state index in [1.165, 1.54) is 46.0 Å². The van der Waals surface area contributed by atoms with Gasteiger partial charge in [-0.05, 0) is 35.7 Å². The van der Waals surface area contributed by atoms with Gasteiger partial charge in [0.1, 0.15) is 28.6 Å². The largest absolute Gasteiger partial charge is 0.477 e. The third-order valence-corrected chi connectivity index (χ3v) is 8.84. The van der Waals surface area contributed by atoms with Gasteiger partial charge in [-0.2, -0.15) is 19.0 Å². The monoisotopic (exact) mass is 600 g/mol. The van der Waals surface area contributed by atoms with Gasteiger partial charge in [-0.3, -0.25) is 4.79 Å². The molecule has 0 bridgehead atoms. The van der Waals surface area contributed by atoms with E-state index in [9.17, 15) is 23.5 Å². The van der Waals surface area contributed by atoms with Crippen molar-refractivity contribution in [1.82, 2.24) is 24.4 Å². The molecule has 41 heavy (non-hydrogen) atoms. The molecule has 0 saturated carbocycles. The first-order chi connectivity index (χ1) is 19.5. The van der Waals surface area contributed by atoms with Crippen molar-refractivity contribution in [2.45, 2.75) is 39.0 Å². The molecule has 0 radical (unpaired) electrons. The van der Waals surface area contributed by atoms with Gasteiger partial charge in [0.15, 0.2) is 5.65 Å². The summed E-state index contributed by atoms with van der Waals surface area (Å²) in [6.07, 6.45) is 6.09. The summed E-state index contributed by atoms with van der Waals surface area (Å²) < 4.78 is 41.0. The Labute approximate surface area is 237 Å². The maximum Gasteiger partial charge on any atom is 0.387 e. The molecule has 2 N–H and O–H groups in total. The average molecular weight is 601 g/mol. The number of nitrogens with zero attached hydrogens (tertiary/aromatic N) is 5. The van der Waals surface area contributed by atoms with Gasteiger partial charge in [0.2, 0.25) is 0 Å². The number of hydrogen-bond donors (Lipinski definition) is 2. The number of anilines is 1. The van der Waals surface area contributed by atoms with Crippen molar-refractivity contribution < 1.29 is 33.0 Å². The number of hydrogen-bond acceptors (Lipinski definition) is 8. The van der Waals surface area contributed by atoms with Crippen molar-refractivity contribution in [3.05, 3.63) is 59.5 Å². The van der Waals surface area contributed by atoms with Crippen LogP contribution in [0.25, 0.3) is 27.0 Å². The van der Waals surface area contributed by atoms with Crippen molar-refractivity contribution in [3.8, 4) is 17.0 Å². The van der Waals surface area contributed by atoms with Gasteiger partial charge in [-0.1, -0.05) is 19.6 Å². The highest BCUT2D eigenvalue weighted by atomic mass is 32.1. The van der Waals surface area contributed by atoms with E-state index in [4.69, 9.17) is 9.47 Å². The molecule has 5 aromatic rings. The Balaban J connectivity index is 1.56. The molecule has 4 aromatic heterocycles. The third kappa shape index (κ3) is 6.42. The summed E-state index contributed by atoms with van der Waals surface area (Å²) in [6.45, 7) is 4.10. The number of aromatic nitrogens is 5. The van der Waals surface area contributed by atoms with E-state index in [0.29, 0.717) is 22.3 Å². The number of alkyl halides is 2. The second-order valence-corrected chi connectivity index (χ2v) is 17.1. The van der Waals surface area contributed by atoms with E-state index in [1.807, 2.05) is 0 Å². The number of halogens is 2. The van der Waals surface area contributed by atoms with Crippen LogP contribution in [0.1, 0.15) is 20.0 Å². The van der Waals surface area contributed by atoms with Gasteiger partial charge in [0.05, 0.1) is 18.1 Å². The average Bonchev–Trinajstić information content (AvgIpc) is 3.61. The molecule has 0 fully saturated rings. The molecule has 0 saturated heterocycles. The summed E-state index contributed by atoms with van der Waals surface area (Å²) in [5, 5.41) is 21.3. The standard InChI is InChI=1S/C26H26F2N6O5SSi/c1-41(2,3)8-7-38-14-33-13-18(31-24(35)17-12-30-34-6-4-5-29-23(17)34)22(32-33)16-11-20-15(9-19(16)39-26(27)28)10-21(40-20)25(36)37/h4-6,9-13,26H,7-8,14H2,1-3H3,(H,31,35)(H,36,37). The number of carbonyl (C=O) groups is 2. The molecule has 4 heterocycles. The Bertz CT molecular complexity index is 1750. The highest BCUT2D eigenvalue weighted by Crippen LogP contribution is 2.40. The number of carboxylic acids is 1. The van der Waals surface area contributed by atoms with Gasteiger partial charge in [0, 0.05) is 37.3 Å². The highest BCUT2D eigenvalue weighted by Gasteiger charge is 2.23. The second-order valence-electron chi connectivity index (χ2n) is 10.4. The highest BCUT2D eigenvalue weighted by molar-refractivity contribution is 7.20. The van der Waals surface area contributed by atoms with Crippen molar-refractivity contribution in [2.75, 3.05) is 11.9 Å². The Hall–Kier alpha value is -4.21. The summed E-state index contributed by atoms with van der Waals surface area (Å²) in [7, 11) is -1.34. The van der Waals surface area contributed by atoms with E-state index < -0.39 is 26.6 Å². The van der Waals surface area contributed by atoms with Crippen molar-refractivity contribution >= 4 is 52.7 Å². The summed E-state index contributed by atoms with van der Waals surface area (Å²) >= 11 is 0.982. The smallest absolute Gasteiger partial charge is 0.387 e. The molecule has 0 unspecified atom stereocenters. The number of amides is 1. The van der Waals surface area contributed by atoms with Gasteiger partial charge in [0.25, 0.3) is 5.91 Å². The van der Waals surface area contributed by atoms with Crippen LogP contribution in [0.5, 0.6) is 5.75 Å². The van der Waals surface area contributed by atoms with Crippen LogP contribution in [-0.4, -0.2) is 62.7 Å². The lowest BCUT2D eigenvalue weighted by Gasteiger charge is -2.15. The number of carbonyl (C=O) groups excluding carboxylic acids is 1. The Kier molecular flexibility index (Phi) is 7.84. The quantitative estimate of drug-likeness (QED) is 0.146. The number of ether oxygens (including phenoxy) is 2. The summed E-state index contributed by atoms with van der Waals surface area (Å²) in [6, 6.07) is 6.85. The fraction of sp³-hybridized carbons (Fsp3) is 0.269. The number of carboxylic acid groups (broad SMARTS) is 1. The first-order valence-electron chi connectivity index (χ1n) is 12.5. The minimum Gasteiger partial charge on any atom is -0.477 e. The molecule has 0 spiro atoms. The molecule has 5 rings (SSSR count). The Morgan fingerprint density at radius 2 is 2.02 bits per heavy atom. The van der Waals surface area contributed by atoms with Crippen LogP contribution in [0.4, 0.5) is 14.5 Å². The number of fused-ring (bicyclic) bond motifs is 2. The van der Waals surface area contributed by atoms with Crippen LogP contribution < -0.4 is 10.1 Å². The van der Waals surface area contributed by atoms with E-state index >= 15 is 0 Å². The fourth-order valence-electron chi connectivity index (χ4n) is 4.04. The molecular formula is C26H26F2N6O5SSi. The molecule has 0 aliphatic heterocycles. The lowest BCUT2D eigenvalue weighted by Crippen LogP contribution is -2.22. The molecule has 15 heteroatoms. The fourth-order valence-corrected chi connectivity index (χ4v) is 5.72. The van der Waals surface area contributed by atoms with Crippen LogP contribution in [0.15, 0.2) is 49.1 Å². The maximum atomic E-state index is 13.5. The SMILES string of the molecule is C[Si](C)(C)CCOCn1cc(NC(=O)c2cnn3cccnc23)c(-c2cc3sc(C(=O)O)cc3cc2OC(F)F)n1. The van der Waals surface area contributed by atoms with Gasteiger partial charge in [-0.25, -0.2) is 19.0 Å². The number of benzene rings is 1. The first kappa shape index (κ1) is 28.3. The summed E-state index contributed by atoms with van der Waals surface area (Å²) in [4.78, 5) is 29.1. The lowest BCUT2D eigenvalue weighted by molar-refractivity contribution is -0.0493. The van der Waals surface area contributed by atoms with Gasteiger partial charge < -0.3 is 19.9 Å². The summed E-state index contributed by atoms with van der Waals surface area (Å²) in [5.41, 5.74) is 1.01. The van der Waals surface area contributed by atoms with Crippen LogP contribution in [0.3, 0.4) is 0 Å². The van der Waals surface area contributed by atoms with Crippen LogP contribution in [0.2, 0.25) is 25.7 Å². The summed E-state index contributed by atoms with van der Waals surface area (Å²) in [5.74, 6) is -1.90. The van der Waals surface area contributed by atoms with Crippen molar-refractivity contribution in [2.24, 2.45) is 0 Å². The third-order valence-electron chi connectivity index (χ3n) is 6.05. The molecular weight excluding hydrogens is 574 g/mol. The topological polar surface area (TPSA) is 133 Å². The number of thiophene rings is 1. The predicted octanol–water partition coefficient (Wildman–Crippen LogP) is 5.67. The van der Waals surface area contributed by atoms with Crippen LogP contribution in [0, 0.1) is 0 Å². The zero-order valence-corrected chi connectivity index (χ0v) is 24.1. The van der Waals surface area contributed by atoms with E-state index in [1.54, 1.807) is 12.3 Å². The van der Waals surface area contributed by atoms with Crippen LogP contribution >= 0.6 is 11.3 Å². The minimum absolute atomic E-state index is 0.0376.